The molecule has 2 aromatic rings. The van der Waals surface area contributed by atoms with Crippen LogP contribution in [0.5, 0.6) is 0 Å². The second-order valence-electron chi connectivity index (χ2n) is 6.90. The van der Waals surface area contributed by atoms with E-state index in [0.29, 0.717) is 13.2 Å². The van der Waals surface area contributed by atoms with E-state index in [1.807, 2.05) is 19.9 Å². The minimum atomic E-state index is -0.853. The summed E-state index contributed by atoms with van der Waals surface area (Å²) in [6.07, 6.45) is 1.78. The molecule has 1 amide bonds. The third-order valence-corrected chi connectivity index (χ3v) is 5.51. The molecule has 2 heterocycles. The maximum Gasteiger partial charge on any atom is 0.245 e. The van der Waals surface area contributed by atoms with Gasteiger partial charge < -0.3 is 14.0 Å². The first kappa shape index (κ1) is 19.8. The highest BCUT2D eigenvalue weighted by Gasteiger charge is 2.33. The number of hydrazone groups is 1. The first-order valence-corrected chi connectivity index (χ1v) is 9.64. The largest absolute Gasteiger partial charge is 0.347 e. The fraction of sp³-hybridized carbons (Fsp3) is 0.400. The highest BCUT2D eigenvalue weighted by Crippen LogP contribution is 2.25. The molecule has 144 valence electrons. The van der Waals surface area contributed by atoms with E-state index >= 15 is 0 Å². The Morgan fingerprint density at radius 2 is 2.00 bits per heavy atom. The third-order valence-electron chi connectivity index (χ3n) is 4.66. The van der Waals surface area contributed by atoms with E-state index in [2.05, 4.69) is 56.1 Å². The first-order valence-electron chi connectivity index (χ1n) is 8.84. The van der Waals surface area contributed by atoms with E-state index in [4.69, 9.17) is 9.47 Å². The van der Waals surface area contributed by atoms with E-state index in [-0.39, 0.29) is 12.3 Å². The van der Waals surface area contributed by atoms with Crippen molar-refractivity contribution in [3.8, 4) is 5.69 Å². The minimum absolute atomic E-state index is 0.112. The van der Waals surface area contributed by atoms with Gasteiger partial charge in [0.2, 0.25) is 5.91 Å². The van der Waals surface area contributed by atoms with Gasteiger partial charge in [0.15, 0.2) is 5.79 Å². The van der Waals surface area contributed by atoms with Crippen LogP contribution in [0.3, 0.4) is 0 Å². The highest BCUT2D eigenvalue weighted by atomic mass is 79.9. The van der Waals surface area contributed by atoms with Gasteiger partial charge in [0.1, 0.15) is 0 Å². The molecule has 1 aliphatic rings. The van der Waals surface area contributed by atoms with Gasteiger partial charge in [-0.1, -0.05) is 22.0 Å². The Hall–Kier alpha value is -1.96. The van der Waals surface area contributed by atoms with E-state index in [0.717, 1.165) is 27.1 Å². The van der Waals surface area contributed by atoms with Gasteiger partial charge in [-0.3, -0.25) is 4.79 Å². The predicted molar refractivity (Wildman–Crippen MR) is 108 cm³/mol. The summed E-state index contributed by atoms with van der Waals surface area (Å²) in [6, 6.07) is 8.31. The number of amides is 1. The molecule has 3 rings (SSSR count). The zero-order valence-electron chi connectivity index (χ0n) is 16.0. The number of ether oxygens (including phenoxy) is 2. The maximum atomic E-state index is 12.0. The van der Waals surface area contributed by atoms with Crippen molar-refractivity contribution < 1.29 is 14.3 Å². The summed E-state index contributed by atoms with van der Waals surface area (Å²) >= 11 is 3.59. The lowest BCUT2D eigenvalue weighted by atomic mass is 10.2. The average molecular weight is 434 g/mol. The van der Waals surface area contributed by atoms with Crippen molar-refractivity contribution >= 4 is 28.1 Å². The summed E-state index contributed by atoms with van der Waals surface area (Å²) < 4.78 is 14.1. The number of aromatic nitrogens is 1. The zero-order valence-corrected chi connectivity index (χ0v) is 17.6. The van der Waals surface area contributed by atoms with Crippen molar-refractivity contribution in [2.45, 2.75) is 39.9 Å². The normalized spacial score (nSPS) is 16.2. The zero-order chi connectivity index (χ0) is 19.6. The van der Waals surface area contributed by atoms with Gasteiger partial charge in [-0.25, -0.2) is 5.43 Å². The second-order valence-corrected chi connectivity index (χ2v) is 7.75. The van der Waals surface area contributed by atoms with E-state index in [1.54, 1.807) is 13.1 Å². The van der Waals surface area contributed by atoms with E-state index in [1.165, 1.54) is 5.56 Å². The molecule has 0 unspecified atom stereocenters. The lowest BCUT2D eigenvalue weighted by Gasteiger charge is -2.20. The Morgan fingerprint density at radius 3 is 2.67 bits per heavy atom. The molecule has 0 spiro atoms. The van der Waals surface area contributed by atoms with Gasteiger partial charge in [0.25, 0.3) is 0 Å². The number of nitrogens with zero attached hydrogens (tertiary/aromatic N) is 2. The molecule has 1 aromatic carbocycles. The second kappa shape index (κ2) is 7.96. The molecule has 0 atom stereocenters. The lowest BCUT2D eigenvalue weighted by Crippen LogP contribution is -2.33. The molecule has 1 N–H and O–H groups in total. The van der Waals surface area contributed by atoms with Gasteiger partial charge >= 0.3 is 0 Å². The lowest BCUT2D eigenvalue weighted by molar-refractivity contribution is -0.159. The molecule has 0 saturated carbocycles. The molecule has 1 fully saturated rings. The quantitative estimate of drug-likeness (QED) is 0.576. The molecule has 0 aliphatic carbocycles. The number of rotatable bonds is 5. The summed E-state index contributed by atoms with van der Waals surface area (Å²) in [5.74, 6) is -1.10. The summed E-state index contributed by atoms with van der Waals surface area (Å²) in [7, 11) is 0. The van der Waals surface area contributed by atoms with Gasteiger partial charge in [-0.15, -0.1) is 0 Å². The molecular weight excluding hydrogens is 410 g/mol. The van der Waals surface area contributed by atoms with Crippen molar-refractivity contribution in [1.82, 2.24) is 9.99 Å². The number of benzene rings is 1. The van der Waals surface area contributed by atoms with Crippen LogP contribution in [0.1, 0.15) is 35.9 Å². The summed E-state index contributed by atoms with van der Waals surface area (Å²) in [5.41, 5.74) is 7.91. The van der Waals surface area contributed by atoms with Crippen LogP contribution >= 0.6 is 15.9 Å². The number of nitrogens with one attached hydrogen (secondary N) is 1. The van der Waals surface area contributed by atoms with Crippen LogP contribution in [0.15, 0.2) is 33.8 Å². The molecule has 7 heteroatoms. The maximum absolute atomic E-state index is 12.0. The van der Waals surface area contributed by atoms with Crippen LogP contribution in [0, 0.1) is 20.8 Å². The van der Waals surface area contributed by atoms with Crippen molar-refractivity contribution in [2.24, 2.45) is 5.10 Å². The molecule has 0 radical (unpaired) electrons. The highest BCUT2D eigenvalue weighted by molar-refractivity contribution is 9.10. The first-order chi connectivity index (χ1) is 12.8. The van der Waals surface area contributed by atoms with Gasteiger partial charge in [-0.2, -0.15) is 5.10 Å². The molecular formula is C20H24BrN3O3. The Bertz CT molecular complexity index is 883. The Labute approximate surface area is 167 Å². The van der Waals surface area contributed by atoms with E-state index < -0.39 is 5.79 Å². The molecule has 6 nitrogen and oxygen atoms in total. The number of halogens is 1. The van der Waals surface area contributed by atoms with Crippen LogP contribution < -0.4 is 5.43 Å². The minimum Gasteiger partial charge on any atom is -0.347 e. The number of carbonyl (C=O) groups excluding carboxylic acids is 1. The topological polar surface area (TPSA) is 64.9 Å². The Balaban J connectivity index is 1.71. The molecule has 1 saturated heterocycles. The van der Waals surface area contributed by atoms with Gasteiger partial charge in [0, 0.05) is 27.1 Å². The van der Waals surface area contributed by atoms with Crippen LogP contribution in [-0.2, 0) is 14.3 Å². The average Bonchev–Trinajstić information content (AvgIpc) is 3.14. The van der Waals surface area contributed by atoms with Crippen molar-refractivity contribution in [2.75, 3.05) is 13.2 Å². The Morgan fingerprint density at radius 1 is 1.30 bits per heavy atom. The molecule has 27 heavy (non-hydrogen) atoms. The SMILES string of the molecule is Cc1ccc(-n2c(C)cc(/C=N\NC(=O)CC3(C)OCCO3)c2C)cc1Br. The number of carbonyl (C=O) groups is 1. The van der Waals surface area contributed by atoms with Crippen LogP contribution in [-0.4, -0.2) is 35.7 Å². The van der Waals surface area contributed by atoms with Crippen LogP contribution in [0.2, 0.25) is 0 Å². The molecule has 0 bridgehead atoms. The van der Waals surface area contributed by atoms with Gasteiger partial charge in [0.05, 0.1) is 25.8 Å². The fourth-order valence-electron chi connectivity index (χ4n) is 3.20. The number of hydrogen-bond donors (Lipinski definition) is 1. The van der Waals surface area contributed by atoms with Crippen LogP contribution in [0.4, 0.5) is 0 Å². The van der Waals surface area contributed by atoms with Crippen molar-refractivity contribution in [1.29, 1.82) is 0 Å². The van der Waals surface area contributed by atoms with E-state index in [9.17, 15) is 4.79 Å². The Kier molecular flexibility index (Phi) is 5.83. The fourth-order valence-corrected chi connectivity index (χ4v) is 3.57. The summed E-state index contributed by atoms with van der Waals surface area (Å²) in [4.78, 5) is 12.0. The predicted octanol–water partition coefficient (Wildman–Crippen LogP) is 3.77. The number of aryl methyl sites for hydroxylation is 2. The van der Waals surface area contributed by atoms with Crippen molar-refractivity contribution in [3.63, 3.8) is 0 Å². The number of hydrogen-bond acceptors (Lipinski definition) is 4. The smallest absolute Gasteiger partial charge is 0.245 e. The standard InChI is InChI=1S/C20H24BrN3O3/c1-13-5-6-17(10-18(13)21)24-14(2)9-16(15(24)3)12-22-23-19(25)11-20(4)26-7-8-27-20/h5-6,9-10,12H,7-8,11H2,1-4H3,(H,23,25)/b22-12-. The van der Waals surface area contributed by atoms with Gasteiger partial charge in [-0.05, 0) is 51.5 Å². The molecule has 1 aromatic heterocycles. The molecule has 1 aliphatic heterocycles. The van der Waals surface area contributed by atoms with Crippen LogP contribution in [0.25, 0.3) is 5.69 Å². The third kappa shape index (κ3) is 4.48. The van der Waals surface area contributed by atoms with Crippen molar-refractivity contribution in [3.05, 3.63) is 51.3 Å². The monoisotopic (exact) mass is 433 g/mol. The summed E-state index contributed by atoms with van der Waals surface area (Å²) in [6.45, 7) is 8.92. The summed E-state index contributed by atoms with van der Waals surface area (Å²) in [5, 5.41) is 4.10.